The third-order valence-electron chi connectivity index (χ3n) is 2.89. The first kappa shape index (κ1) is 12.6. The molecule has 1 aliphatic heterocycles. The molecule has 0 atom stereocenters. The molecule has 1 aromatic heterocycles. The minimum Gasteiger partial charge on any atom is -0.378 e. The van der Waals surface area contributed by atoms with Crippen LogP contribution in [0.4, 0.5) is 5.69 Å². The van der Waals surface area contributed by atoms with Gasteiger partial charge in [0.1, 0.15) is 0 Å². The molecule has 96 valence electrons. The summed E-state index contributed by atoms with van der Waals surface area (Å²) >= 11 is 0. The topological polar surface area (TPSA) is 71.2 Å². The summed E-state index contributed by atoms with van der Waals surface area (Å²) in [7, 11) is 0. The molecule has 1 aliphatic rings. The molecule has 0 unspecified atom stereocenters. The molecule has 1 fully saturated rings. The maximum absolute atomic E-state index is 11.8. The number of morpholine rings is 1. The highest BCUT2D eigenvalue weighted by atomic mass is 16.5. The molecule has 2 heterocycles. The van der Waals surface area contributed by atoms with Crippen LogP contribution in [0.2, 0.25) is 0 Å². The van der Waals surface area contributed by atoms with E-state index in [-0.39, 0.29) is 5.56 Å². The second kappa shape index (κ2) is 6.17. The number of ether oxygens (including phenoxy) is 1. The van der Waals surface area contributed by atoms with Gasteiger partial charge in [0.2, 0.25) is 0 Å². The van der Waals surface area contributed by atoms with Crippen LogP contribution in [0, 0.1) is 11.3 Å². The normalized spacial score (nSPS) is 15.4. The standard InChI is InChI=1S/C12H16N4O2/c13-3-1-2-4-16-12(17)9-11(10-14-16)15-5-7-18-8-6-15/h9-10H,1-2,4-8H2. The third kappa shape index (κ3) is 3.08. The molecular weight excluding hydrogens is 232 g/mol. The smallest absolute Gasteiger partial charge is 0.268 e. The average molecular weight is 248 g/mol. The second-order valence-electron chi connectivity index (χ2n) is 4.14. The van der Waals surface area contributed by atoms with Gasteiger partial charge in [0, 0.05) is 32.1 Å². The maximum Gasteiger partial charge on any atom is 0.268 e. The van der Waals surface area contributed by atoms with Crippen molar-refractivity contribution in [3.63, 3.8) is 0 Å². The lowest BCUT2D eigenvalue weighted by molar-refractivity contribution is 0.122. The Morgan fingerprint density at radius 2 is 2.22 bits per heavy atom. The van der Waals surface area contributed by atoms with Crippen LogP contribution in [0.15, 0.2) is 17.1 Å². The number of unbranched alkanes of at least 4 members (excludes halogenated alkanes) is 1. The molecule has 0 aliphatic carbocycles. The van der Waals surface area contributed by atoms with E-state index in [1.165, 1.54) is 4.68 Å². The molecule has 0 aromatic carbocycles. The molecule has 6 nitrogen and oxygen atoms in total. The first-order chi connectivity index (χ1) is 8.81. The summed E-state index contributed by atoms with van der Waals surface area (Å²) in [6.45, 7) is 3.45. The summed E-state index contributed by atoms with van der Waals surface area (Å²) in [6.07, 6.45) is 2.80. The van der Waals surface area contributed by atoms with E-state index in [9.17, 15) is 4.79 Å². The van der Waals surface area contributed by atoms with Gasteiger partial charge in [-0.15, -0.1) is 0 Å². The summed E-state index contributed by atoms with van der Waals surface area (Å²) in [5, 5.41) is 12.6. The van der Waals surface area contributed by atoms with Crippen LogP contribution in [0.25, 0.3) is 0 Å². The fourth-order valence-corrected chi connectivity index (χ4v) is 1.89. The lowest BCUT2D eigenvalue weighted by Gasteiger charge is -2.28. The minimum atomic E-state index is -0.114. The predicted octanol–water partition coefficient (Wildman–Crippen LogP) is 0.384. The van der Waals surface area contributed by atoms with E-state index in [2.05, 4.69) is 16.1 Å². The van der Waals surface area contributed by atoms with Crippen molar-refractivity contribution in [2.24, 2.45) is 0 Å². The first-order valence-corrected chi connectivity index (χ1v) is 6.08. The number of nitriles is 1. The van der Waals surface area contributed by atoms with Crippen LogP contribution in [-0.4, -0.2) is 36.1 Å². The van der Waals surface area contributed by atoms with Crippen molar-refractivity contribution in [2.75, 3.05) is 31.2 Å². The van der Waals surface area contributed by atoms with Crippen molar-refractivity contribution in [1.29, 1.82) is 5.26 Å². The van der Waals surface area contributed by atoms with Crippen molar-refractivity contribution < 1.29 is 4.74 Å². The number of nitrogens with zero attached hydrogens (tertiary/aromatic N) is 4. The Morgan fingerprint density at radius 1 is 1.44 bits per heavy atom. The number of aromatic nitrogens is 2. The van der Waals surface area contributed by atoms with Gasteiger partial charge in [-0.05, 0) is 6.42 Å². The van der Waals surface area contributed by atoms with Gasteiger partial charge in [-0.3, -0.25) is 4.79 Å². The molecule has 0 radical (unpaired) electrons. The Bertz CT molecular complexity index is 486. The lowest BCUT2D eigenvalue weighted by Crippen LogP contribution is -2.37. The van der Waals surface area contributed by atoms with Crippen LogP contribution >= 0.6 is 0 Å². The predicted molar refractivity (Wildman–Crippen MR) is 66.4 cm³/mol. The highest BCUT2D eigenvalue weighted by Gasteiger charge is 2.12. The maximum atomic E-state index is 11.8. The van der Waals surface area contributed by atoms with E-state index < -0.39 is 0 Å². The van der Waals surface area contributed by atoms with E-state index >= 15 is 0 Å². The molecule has 18 heavy (non-hydrogen) atoms. The monoisotopic (exact) mass is 248 g/mol. The molecule has 0 saturated carbocycles. The van der Waals surface area contributed by atoms with Crippen LogP contribution in [-0.2, 0) is 11.3 Å². The molecule has 1 saturated heterocycles. The van der Waals surface area contributed by atoms with Gasteiger partial charge in [0.15, 0.2) is 0 Å². The Labute approximate surface area is 105 Å². The number of hydrogen-bond donors (Lipinski definition) is 0. The molecule has 0 N–H and O–H groups in total. The average Bonchev–Trinajstić information content (AvgIpc) is 2.42. The zero-order valence-electron chi connectivity index (χ0n) is 10.2. The van der Waals surface area contributed by atoms with E-state index in [0.717, 1.165) is 18.8 Å². The number of rotatable bonds is 4. The quantitative estimate of drug-likeness (QED) is 0.720. The third-order valence-corrected chi connectivity index (χ3v) is 2.89. The number of aryl methyl sites for hydroxylation is 1. The SMILES string of the molecule is N#CCCCn1ncc(N2CCOCC2)cc1=O. The zero-order chi connectivity index (χ0) is 12.8. The van der Waals surface area contributed by atoms with Gasteiger partial charge < -0.3 is 9.64 Å². The second-order valence-corrected chi connectivity index (χ2v) is 4.14. The molecule has 0 amide bonds. The Morgan fingerprint density at radius 3 is 2.89 bits per heavy atom. The van der Waals surface area contributed by atoms with Crippen LogP contribution in [0.1, 0.15) is 12.8 Å². The van der Waals surface area contributed by atoms with Gasteiger partial charge >= 0.3 is 0 Å². The first-order valence-electron chi connectivity index (χ1n) is 6.08. The van der Waals surface area contributed by atoms with Gasteiger partial charge in [-0.25, -0.2) is 4.68 Å². The summed E-state index contributed by atoms with van der Waals surface area (Å²) in [4.78, 5) is 13.9. The van der Waals surface area contributed by atoms with Crippen molar-refractivity contribution in [3.05, 3.63) is 22.6 Å². The van der Waals surface area contributed by atoms with E-state index in [1.807, 2.05) is 0 Å². The Hall–Kier alpha value is -1.87. The highest BCUT2D eigenvalue weighted by Crippen LogP contribution is 2.11. The summed E-state index contributed by atoms with van der Waals surface area (Å²) < 4.78 is 6.67. The van der Waals surface area contributed by atoms with Gasteiger partial charge in [0.05, 0.1) is 31.2 Å². The van der Waals surface area contributed by atoms with E-state index in [0.29, 0.717) is 32.6 Å². The van der Waals surface area contributed by atoms with Crippen LogP contribution < -0.4 is 10.5 Å². The zero-order valence-corrected chi connectivity index (χ0v) is 10.2. The Kier molecular flexibility index (Phi) is 4.31. The van der Waals surface area contributed by atoms with Crippen LogP contribution in [0.5, 0.6) is 0 Å². The van der Waals surface area contributed by atoms with E-state index in [4.69, 9.17) is 10.00 Å². The van der Waals surface area contributed by atoms with Gasteiger partial charge in [-0.2, -0.15) is 10.4 Å². The lowest BCUT2D eigenvalue weighted by atomic mass is 10.3. The fraction of sp³-hybridized carbons (Fsp3) is 0.583. The number of hydrogen-bond acceptors (Lipinski definition) is 5. The van der Waals surface area contributed by atoms with Gasteiger partial charge in [-0.1, -0.05) is 0 Å². The molecule has 0 bridgehead atoms. The minimum absolute atomic E-state index is 0.114. The van der Waals surface area contributed by atoms with Crippen LogP contribution in [0.3, 0.4) is 0 Å². The number of anilines is 1. The molecule has 6 heteroatoms. The van der Waals surface area contributed by atoms with Crippen molar-refractivity contribution >= 4 is 5.69 Å². The van der Waals surface area contributed by atoms with Gasteiger partial charge in [0.25, 0.3) is 5.56 Å². The van der Waals surface area contributed by atoms with Crippen molar-refractivity contribution in [3.8, 4) is 6.07 Å². The summed E-state index contributed by atoms with van der Waals surface area (Å²) in [5.41, 5.74) is 0.733. The molecular formula is C12H16N4O2. The summed E-state index contributed by atoms with van der Waals surface area (Å²) in [6, 6.07) is 3.66. The molecule has 2 rings (SSSR count). The molecule has 1 aromatic rings. The fourth-order valence-electron chi connectivity index (χ4n) is 1.89. The van der Waals surface area contributed by atoms with E-state index in [1.54, 1.807) is 12.3 Å². The van der Waals surface area contributed by atoms with Crippen molar-refractivity contribution in [1.82, 2.24) is 9.78 Å². The summed E-state index contributed by atoms with van der Waals surface area (Å²) in [5.74, 6) is 0. The van der Waals surface area contributed by atoms with Crippen molar-refractivity contribution in [2.45, 2.75) is 19.4 Å². The largest absolute Gasteiger partial charge is 0.378 e. The Balaban J connectivity index is 2.04. The highest BCUT2D eigenvalue weighted by molar-refractivity contribution is 5.43. The molecule has 0 spiro atoms.